The predicted molar refractivity (Wildman–Crippen MR) is 94.5 cm³/mol. The van der Waals surface area contributed by atoms with E-state index in [4.69, 9.17) is 4.74 Å². The van der Waals surface area contributed by atoms with Gasteiger partial charge in [-0.25, -0.2) is 5.43 Å². The van der Waals surface area contributed by atoms with E-state index in [1.54, 1.807) is 37.6 Å². The smallest absolute Gasteiger partial charge is 0.240 e. The normalized spacial score (nSPS) is 10.8. The van der Waals surface area contributed by atoms with Crippen molar-refractivity contribution in [3.63, 3.8) is 0 Å². The van der Waals surface area contributed by atoms with Crippen LogP contribution in [0.5, 0.6) is 11.5 Å². The van der Waals surface area contributed by atoms with Crippen molar-refractivity contribution in [3.05, 3.63) is 59.2 Å². The van der Waals surface area contributed by atoms with Crippen molar-refractivity contribution in [2.24, 2.45) is 5.10 Å². The predicted octanol–water partition coefficient (Wildman–Crippen LogP) is 3.18. The van der Waals surface area contributed by atoms with Crippen molar-refractivity contribution in [1.29, 1.82) is 0 Å². The summed E-state index contributed by atoms with van der Waals surface area (Å²) in [5, 5.41) is 13.1. The molecule has 0 saturated heterocycles. The maximum absolute atomic E-state index is 11.8. The Morgan fingerprint density at radius 3 is 2.67 bits per heavy atom. The van der Waals surface area contributed by atoms with E-state index in [9.17, 15) is 9.90 Å². The van der Waals surface area contributed by atoms with Crippen LogP contribution in [0.2, 0.25) is 0 Å². The third-order valence-electron chi connectivity index (χ3n) is 3.62. The number of phenols is 1. The van der Waals surface area contributed by atoms with Gasteiger partial charge in [0.2, 0.25) is 5.91 Å². The van der Waals surface area contributed by atoms with Gasteiger partial charge in [-0.15, -0.1) is 0 Å². The summed E-state index contributed by atoms with van der Waals surface area (Å²) in [6.45, 7) is 2.01. The number of aromatic hydroxyl groups is 1. The van der Waals surface area contributed by atoms with Gasteiger partial charge in [-0.05, 0) is 66.8 Å². The Morgan fingerprint density at radius 1 is 1.25 bits per heavy atom. The fraction of sp³-hybridized carbons (Fsp3) is 0.263. The monoisotopic (exact) mass is 326 g/mol. The van der Waals surface area contributed by atoms with E-state index in [0.717, 1.165) is 29.7 Å². The van der Waals surface area contributed by atoms with Gasteiger partial charge in [-0.2, -0.15) is 5.10 Å². The first kappa shape index (κ1) is 17.5. The van der Waals surface area contributed by atoms with Crippen LogP contribution in [0, 0.1) is 6.92 Å². The molecule has 0 atom stereocenters. The average molecular weight is 326 g/mol. The minimum Gasteiger partial charge on any atom is -0.508 e. The highest BCUT2D eigenvalue weighted by molar-refractivity contribution is 5.82. The standard InChI is InChI=1S/C19H22N2O3/c1-14-12-15(8-11-18(14)24-2)4-3-5-19(23)21-20-13-16-6-9-17(22)10-7-16/h6-13,22H,3-5H2,1-2H3,(H,21,23). The lowest BCUT2D eigenvalue weighted by atomic mass is 10.1. The Balaban J connectivity index is 1.73. The molecule has 1 amide bonds. The van der Waals surface area contributed by atoms with Crippen LogP contribution in [0.3, 0.4) is 0 Å². The zero-order valence-corrected chi connectivity index (χ0v) is 14.0. The lowest BCUT2D eigenvalue weighted by molar-refractivity contribution is -0.121. The van der Waals surface area contributed by atoms with Crippen molar-refractivity contribution >= 4 is 12.1 Å². The number of aryl methyl sites for hydroxylation is 2. The molecule has 0 bridgehead atoms. The number of amides is 1. The highest BCUT2D eigenvalue weighted by atomic mass is 16.5. The van der Waals surface area contributed by atoms with Gasteiger partial charge < -0.3 is 9.84 Å². The molecule has 2 N–H and O–H groups in total. The molecule has 2 rings (SSSR count). The number of methoxy groups -OCH3 is 1. The van der Waals surface area contributed by atoms with Crippen molar-refractivity contribution < 1.29 is 14.6 Å². The minimum atomic E-state index is -0.115. The first-order valence-corrected chi connectivity index (χ1v) is 7.83. The molecular weight excluding hydrogens is 304 g/mol. The molecule has 0 radical (unpaired) electrons. The summed E-state index contributed by atoms with van der Waals surface area (Å²) in [6.07, 6.45) is 3.55. The van der Waals surface area contributed by atoms with E-state index in [-0.39, 0.29) is 11.7 Å². The molecular formula is C19H22N2O3. The number of hydrogen-bond acceptors (Lipinski definition) is 4. The number of carbonyl (C=O) groups is 1. The zero-order chi connectivity index (χ0) is 17.4. The van der Waals surface area contributed by atoms with Gasteiger partial charge in [0.05, 0.1) is 13.3 Å². The van der Waals surface area contributed by atoms with E-state index in [0.29, 0.717) is 6.42 Å². The molecule has 0 aliphatic carbocycles. The largest absolute Gasteiger partial charge is 0.508 e. The fourth-order valence-electron chi connectivity index (χ4n) is 2.34. The molecule has 0 aliphatic heterocycles. The third-order valence-corrected chi connectivity index (χ3v) is 3.62. The number of nitrogens with zero attached hydrogens (tertiary/aromatic N) is 1. The Morgan fingerprint density at radius 2 is 2.00 bits per heavy atom. The second-order valence-electron chi connectivity index (χ2n) is 5.54. The van der Waals surface area contributed by atoms with Crippen molar-refractivity contribution in [2.75, 3.05) is 7.11 Å². The number of hydrogen-bond donors (Lipinski definition) is 2. The Bertz CT molecular complexity index is 709. The maximum Gasteiger partial charge on any atom is 0.240 e. The number of phenolic OH excluding ortho intramolecular Hbond substituents is 1. The van der Waals surface area contributed by atoms with Gasteiger partial charge in [0.25, 0.3) is 0 Å². The van der Waals surface area contributed by atoms with E-state index in [2.05, 4.69) is 16.6 Å². The summed E-state index contributed by atoms with van der Waals surface area (Å²) in [5.74, 6) is 0.959. The van der Waals surface area contributed by atoms with Crippen LogP contribution >= 0.6 is 0 Å². The van der Waals surface area contributed by atoms with E-state index < -0.39 is 0 Å². The van der Waals surface area contributed by atoms with Crippen molar-refractivity contribution in [3.8, 4) is 11.5 Å². The summed E-state index contributed by atoms with van der Waals surface area (Å²) in [6, 6.07) is 12.6. The lowest BCUT2D eigenvalue weighted by Gasteiger charge is -2.07. The van der Waals surface area contributed by atoms with Crippen LogP contribution in [0.25, 0.3) is 0 Å². The minimum absolute atomic E-state index is 0.115. The first-order valence-electron chi connectivity index (χ1n) is 7.83. The van der Waals surface area contributed by atoms with Crippen LogP contribution in [0.15, 0.2) is 47.6 Å². The Kier molecular flexibility index (Phi) is 6.37. The number of benzene rings is 2. The Labute approximate surface area is 142 Å². The number of rotatable bonds is 7. The van der Waals surface area contributed by atoms with Crippen LogP contribution in [-0.4, -0.2) is 24.3 Å². The molecule has 5 nitrogen and oxygen atoms in total. The van der Waals surface area contributed by atoms with Gasteiger partial charge in [0.15, 0.2) is 0 Å². The lowest BCUT2D eigenvalue weighted by Crippen LogP contribution is -2.17. The zero-order valence-electron chi connectivity index (χ0n) is 14.0. The van der Waals surface area contributed by atoms with Gasteiger partial charge in [0, 0.05) is 6.42 Å². The van der Waals surface area contributed by atoms with Crippen LogP contribution in [-0.2, 0) is 11.2 Å². The summed E-state index contributed by atoms with van der Waals surface area (Å²) in [4.78, 5) is 11.8. The molecule has 5 heteroatoms. The summed E-state index contributed by atoms with van der Waals surface area (Å²) >= 11 is 0. The molecule has 0 aliphatic rings. The van der Waals surface area contributed by atoms with Gasteiger partial charge in [-0.1, -0.05) is 12.1 Å². The van der Waals surface area contributed by atoms with Gasteiger partial charge >= 0.3 is 0 Å². The van der Waals surface area contributed by atoms with Gasteiger partial charge in [-0.3, -0.25) is 4.79 Å². The van der Waals surface area contributed by atoms with Crippen LogP contribution < -0.4 is 10.2 Å². The molecule has 0 aromatic heterocycles. The Hall–Kier alpha value is -2.82. The van der Waals surface area contributed by atoms with Crippen LogP contribution in [0.1, 0.15) is 29.5 Å². The molecule has 2 aromatic carbocycles. The second kappa shape index (κ2) is 8.72. The van der Waals surface area contributed by atoms with E-state index >= 15 is 0 Å². The number of nitrogens with one attached hydrogen (secondary N) is 1. The topological polar surface area (TPSA) is 70.9 Å². The SMILES string of the molecule is COc1ccc(CCCC(=O)NN=Cc2ccc(O)cc2)cc1C. The summed E-state index contributed by atoms with van der Waals surface area (Å²) in [5.41, 5.74) is 5.60. The average Bonchev–Trinajstić information content (AvgIpc) is 2.57. The summed E-state index contributed by atoms with van der Waals surface area (Å²) in [7, 11) is 1.66. The number of ether oxygens (including phenoxy) is 1. The second-order valence-corrected chi connectivity index (χ2v) is 5.54. The van der Waals surface area contributed by atoms with Gasteiger partial charge in [0.1, 0.15) is 11.5 Å². The molecule has 24 heavy (non-hydrogen) atoms. The number of hydrazone groups is 1. The van der Waals surface area contributed by atoms with Crippen LogP contribution in [0.4, 0.5) is 0 Å². The molecule has 0 spiro atoms. The third kappa shape index (κ3) is 5.43. The van der Waals surface area contributed by atoms with E-state index in [1.807, 2.05) is 19.1 Å². The quantitative estimate of drug-likeness (QED) is 0.606. The maximum atomic E-state index is 11.8. The molecule has 0 saturated carbocycles. The molecule has 126 valence electrons. The highest BCUT2D eigenvalue weighted by Crippen LogP contribution is 2.19. The molecule has 2 aromatic rings. The first-order chi connectivity index (χ1) is 11.6. The van der Waals surface area contributed by atoms with Crippen molar-refractivity contribution in [2.45, 2.75) is 26.2 Å². The summed E-state index contributed by atoms with van der Waals surface area (Å²) < 4.78 is 5.24. The van der Waals surface area contributed by atoms with E-state index in [1.165, 1.54) is 5.56 Å². The molecule has 0 fully saturated rings. The van der Waals surface area contributed by atoms with Crippen molar-refractivity contribution in [1.82, 2.24) is 5.43 Å². The molecule has 0 unspecified atom stereocenters. The fourth-order valence-corrected chi connectivity index (χ4v) is 2.34. The molecule has 0 heterocycles. The number of carbonyl (C=O) groups excluding carboxylic acids is 1. The highest BCUT2D eigenvalue weighted by Gasteiger charge is 2.03.